The number of aliphatic carboxylic acids is 1. The van der Waals surface area contributed by atoms with Crippen LogP contribution in [0.1, 0.15) is 101 Å². The predicted molar refractivity (Wildman–Crippen MR) is 236 cm³/mol. The van der Waals surface area contributed by atoms with E-state index in [9.17, 15) is 14.7 Å². The summed E-state index contributed by atoms with van der Waals surface area (Å²) in [6.07, 6.45) is 18.5. The van der Waals surface area contributed by atoms with Crippen molar-refractivity contribution in [2.24, 2.45) is 5.10 Å². The third-order valence-electron chi connectivity index (χ3n) is 9.65. The Balaban J connectivity index is 1.35. The van der Waals surface area contributed by atoms with Crippen LogP contribution in [0, 0.1) is 0 Å². The second-order valence-corrected chi connectivity index (χ2v) is 15.7. The van der Waals surface area contributed by atoms with E-state index in [1.54, 1.807) is 6.08 Å². The Morgan fingerprint density at radius 3 is 1.85 bits per heavy atom. The highest BCUT2D eigenvalue weighted by molar-refractivity contribution is 8.26. The Bertz CT molecular complexity index is 1880. The van der Waals surface area contributed by atoms with Crippen molar-refractivity contribution in [3.05, 3.63) is 125 Å². The maximum Gasteiger partial charge on any atom is 0.323 e. The Labute approximate surface area is 337 Å². The Morgan fingerprint density at radius 1 is 0.709 bits per heavy atom. The third kappa shape index (κ3) is 12.7. The molecule has 5 rings (SSSR count). The molecule has 0 atom stereocenters. The molecule has 0 aliphatic carbocycles. The lowest BCUT2D eigenvalue weighted by molar-refractivity contribution is -0.140. The van der Waals surface area contributed by atoms with Gasteiger partial charge in [0.05, 0.1) is 16.8 Å². The Kier molecular flexibility index (Phi) is 16.6. The van der Waals surface area contributed by atoms with Crippen molar-refractivity contribution in [2.75, 3.05) is 23.0 Å². The van der Waals surface area contributed by atoms with E-state index in [0.29, 0.717) is 4.91 Å². The van der Waals surface area contributed by atoms with Crippen LogP contribution in [0.25, 0.3) is 6.08 Å². The lowest BCUT2D eigenvalue weighted by atomic mass is 10.0. The van der Waals surface area contributed by atoms with E-state index in [2.05, 4.69) is 96.6 Å². The molecule has 55 heavy (non-hydrogen) atoms. The molecule has 0 spiro atoms. The average Bonchev–Trinajstić information content (AvgIpc) is 3.46. The molecule has 4 aromatic rings. The van der Waals surface area contributed by atoms with Gasteiger partial charge in [0, 0.05) is 23.6 Å². The van der Waals surface area contributed by atoms with Crippen LogP contribution in [-0.2, 0) is 16.0 Å². The van der Waals surface area contributed by atoms with Crippen LogP contribution < -0.4 is 9.91 Å². The van der Waals surface area contributed by atoms with Crippen molar-refractivity contribution in [1.82, 2.24) is 4.90 Å². The SMILES string of the molecule is CCCCCCCCCN(/N=C/c1ccc(N(c2ccc(/C=C3/SC(=S)N(CC(=O)O)C3=O)cc2)c2ccc(CCCCCC)cc2)cc1)c1ccccc1. The van der Waals surface area contributed by atoms with Crippen LogP contribution in [-0.4, -0.2) is 45.5 Å². The summed E-state index contributed by atoms with van der Waals surface area (Å²) in [5.41, 5.74) is 7.30. The number of para-hydroxylation sites is 1. The number of rotatable bonds is 22. The van der Waals surface area contributed by atoms with E-state index in [1.165, 1.54) is 69.8 Å². The number of hydrazone groups is 1. The van der Waals surface area contributed by atoms with Crippen LogP contribution in [0.4, 0.5) is 22.7 Å². The van der Waals surface area contributed by atoms with Gasteiger partial charge in [-0.15, -0.1) is 0 Å². The summed E-state index contributed by atoms with van der Waals surface area (Å²) in [7, 11) is 0. The summed E-state index contributed by atoms with van der Waals surface area (Å²) in [5.74, 6) is -1.48. The van der Waals surface area contributed by atoms with Gasteiger partial charge in [0.1, 0.15) is 10.9 Å². The predicted octanol–water partition coefficient (Wildman–Crippen LogP) is 12.2. The van der Waals surface area contributed by atoms with Crippen molar-refractivity contribution in [1.29, 1.82) is 0 Å². The van der Waals surface area contributed by atoms with Gasteiger partial charge in [0.25, 0.3) is 5.91 Å². The van der Waals surface area contributed by atoms with Crippen LogP contribution >= 0.6 is 24.0 Å². The van der Waals surface area contributed by atoms with E-state index in [-0.39, 0.29) is 10.2 Å². The second-order valence-electron chi connectivity index (χ2n) is 14.0. The maximum atomic E-state index is 12.9. The third-order valence-corrected chi connectivity index (χ3v) is 11.0. The molecule has 1 amide bonds. The molecular weight excluding hydrogens is 721 g/mol. The van der Waals surface area contributed by atoms with E-state index in [4.69, 9.17) is 17.3 Å². The Morgan fingerprint density at radius 2 is 1.25 bits per heavy atom. The quantitative estimate of drug-likeness (QED) is 0.0280. The largest absolute Gasteiger partial charge is 0.480 e. The zero-order chi connectivity index (χ0) is 38.8. The zero-order valence-electron chi connectivity index (χ0n) is 32.2. The van der Waals surface area contributed by atoms with Crippen LogP contribution in [0.3, 0.4) is 0 Å². The molecule has 0 saturated carbocycles. The van der Waals surface area contributed by atoms with Gasteiger partial charge in [0.2, 0.25) is 0 Å². The molecule has 1 fully saturated rings. The summed E-state index contributed by atoms with van der Waals surface area (Å²) in [5, 5.41) is 16.3. The molecule has 4 aromatic carbocycles. The van der Waals surface area contributed by atoms with E-state index in [0.717, 1.165) is 69.9 Å². The lowest BCUT2D eigenvalue weighted by Crippen LogP contribution is -2.33. The minimum Gasteiger partial charge on any atom is -0.480 e. The van der Waals surface area contributed by atoms with Crippen LogP contribution in [0.5, 0.6) is 0 Å². The zero-order valence-corrected chi connectivity index (χ0v) is 33.9. The standard InChI is InChI=1S/C46H54N4O3S2/c1-3-5-7-9-10-11-16-32-49(39-18-14-12-15-19-39)47-34-38-24-30-42(31-25-38)50(40-26-20-36(21-27-40)17-13-8-6-4-2)41-28-22-37(23-29-41)33-43-45(53)48(35-44(51)52)46(54)55-43/h12,14-15,18-31,33-34H,3-11,13,16-17,32,35H2,1-2H3,(H,51,52)/b43-33+,47-34+. The van der Waals surface area contributed by atoms with E-state index >= 15 is 0 Å². The van der Waals surface area contributed by atoms with Gasteiger partial charge in [-0.25, -0.2) is 0 Å². The number of carboxylic acids is 1. The molecule has 1 aliphatic heterocycles. The molecule has 0 unspecified atom stereocenters. The smallest absolute Gasteiger partial charge is 0.323 e. The molecular formula is C46H54N4O3S2. The molecule has 288 valence electrons. The number of hydrogen-bond donors (Lipinski definition) is 1. The van der Waals surface area contributed by atoms with Crippen molar-refractivity contribution in [3.63, 3.8) is 0 Å². The molecule has 7 nitrogen and oxygen atoms in total. The van der Waals surface area contributed by atoms with Gasteiger partial charge in [0.15, 0.2) is 0 Å². The number of benzene rings is 4. The first kappa shape index (κ1) is 41.4. The fourth-order valence-corrected chi connectivity index (χ4v) is 7.83. The summed E-state index contributed by atoms with van der Waals surface area (Å²) >= 11 is 6.41. The summed E-state index contributed by atoms with van der Waals surface area (Å²) in [6.45, 7) is 4.93. The van der Waals surface area contributed by atoms with Gasteiger partial charge in [-0.05, 0) is 90.6 Å². The molecule has 1 heterocycles. The monoisotopic (exact) mass is 774 g/mol. The lowest BCUT2D eigenvalue weighted by Gasteiger charge is -2.26. The normalized spacial score (nSPS) is 13.6. The summed E-state index contributed by atoms with van der Waals surface area (Å²) in [4.78, 5) is 27.9. The molecule has 9 heteroatoms. The summed E-state index contributed by atoms with van der Waals surface area (Å²) < 4.78 is 0.254. The number of thioether (sulfide) groups is 1. The topological polar surface area (TPSA) is 76.4 Å². The minimum absolute atomic E-state index is 0.254. The number of carboxylic acid groups (broad SMARTS) is 1. The molecule has 0 aromatic heterocycles. The van der Waals surface area contributed by atoms with Crippen molar-refractivity contribution in [2.45, 2.75) is 90.9 Å². The highest BCUT2D eigenvalue weighted by Crippen LogP contribution is 2.36. The number of carbonyl (C=O) groups excluding carboxylic acids is 1. The first-order valence-electron chi connectivity index (χ1n) is 19.8. The molecule has 1 N–H and O–H groups in total. The van der Waals surface area contributed by atoms with Gasteiger partial charge in [-0.3, -0.25) is 19.5 Å². The number of amides is 1. The molecule has 1 aliphatic rings. The number of aryl methyl sites for hydroxylation is 1. The van der Waals surface area contributed by atoms with Gasteiger partial charge in [-0.2, -0.15) is 5.10 Å². The minimum atomic E-state index is -1.10. The fourth-order valence-electron chi connectivity index (χ4n) is 6.58. The number of unbranched alkanes of at least 4 members (excludes halogenated alkanes) is 9. The van der Waals surface area contributed by atoms with Gasteiger partial charge < -0.3 is 10.0 Å². The highest BCUT2D eigenvalue weighted by atomic mass is 32.2. The summed E-state index contributed by atoms with van der Waals surface area (Å²) in [6, 6.07) is 35.7. The van der Waals surface area contributed by atoms with E-state index < -0.39 is 12.5 Å². The maximum absolute atomic E-state index is 12.9. The fraction of sp³-hybridized carbons (Fsp3) is 0.348. The van der Waals surface area contributed by atoms with Gasteiger partial charge in [-0.1, -0.05) is 150 Å². The Hall–Kier alpha value is -4.73. The second kappa shape index (κ2) is 22.0. The molecule has 0 radical (unpaired) electrons. The number of nitrogens with zero attached hydrogens (tertiary/aromatic N) is 4. The van der Waals surface area contributed by atoms with Gasteiger partial charge >= 0.3 is 5.97 Å². The van der Waals surface area contributed by atoms with Crippen molar-refractivity contribution in [3.8, 4) is 0 Å². The number of hydrogen-bond acceptors (Lipinski definition) is 7. The number of carbonyl (C=O) groups is 2. The number of thiocarbonyl (C=S) groups is 1. The highest BCUT2D eigenvalue weighted by Gasteiger charge is 2.33. The molecule has 0 bridgehead atoms. The average molecular weight is 775 g/mol. The van der Waals surface area contributed by atoms with Crippen LogP contribution in [0.2, 0.25) is 0 Å². The van der Waals surface area contributed by atoms with Crippen molar-refractivity contribution >= 4 is 75.2 Å². The van der Waals surface area contributed by atoms with Crippen LogP contribution in [0.15, 0.2) is 113 Å². The molecule has 1 saturated heterocycles. The van der Waals surface area contributed by atoms with Crippen molar-refractivity contribution < 1.29 is 14.7 Å². The van der Waals surface area contributed by atoms with E-state index in [1.807, 2.05) is 36.5 Å². The number of anilines is 4. The first-order valence-corrected chi connectivity index (χ1v) is 21.0. The first-order chi connectivity index (χ1) is 26.9.